The minimum atomic E-state index is 0.527. The summed E-state index contributed by atoms with van der Waals surface area (Å²) in [6.07, 6.45) is 3.91. The highest BCUT2D eigenvalue weighted by molar-refractivity contribution is 5.86. The number of fused-ring (bicyclic) bond motifs is 1. The third-order valence-corrected chi connectivity index (χ3v) is 3.48. The molecule has 20 heavy (non-hydrogen) atoms. The lowest BCUT2D eigenvalue weighted by Gasteiger charge is -2.02. The van der Waals surface area contributed by atoms with Gasteiger partial charge < -0.3 is 14.8 Å². The summed E-state index contributed by atoms with van der Waals surface area (Å²) in [4.78, 5) is 16.3. The fourth-order valence-electron chi connectivity index (χ4n) is 2.30. The van der Waals surface area contributed by atoms with Gasteiger partial charge >= 0.3 is 0 Å². The van der Waals surface area contributed by atoms with Gasteiger partial charge in [-0.3, -0.25) is 0 Å². The molecular formula is C13H14N6O. The molecule has 3 aromatic heterocycles. The number of rotatable bonds is 3. The molecule has 2 N–H and O–H groups in total. The number of nitrogens with zero attached hydrogens (tertiary/aromatic N) is 4. The van der Waals surface area contributed by atoms with Crippen molar-refractivity contribution in [2.24, 2.45) is 0 Å². The van der Waals surface area contributed by atoms with E-state index >= 15 is 0 Å². The lowest BCUT2D eigenvalue weighted by atomic mass is 10.2. The summed E-state index contributed by atoms with van der Waals surface area (Å²) in [7, 11) is 0. The number of hydrogen-bond acceptors (Lipinski definition) is 6. The van der Waals surface area contributed by atoms with Crippen molar-refractivity contribution in [2.75, 3.05) is 5.32 Å². The van der Waals surface area contributed by atoms with Crippen LogP contribution in [0.4, 0.5) is 5.82 Å². The first-order valence-corrected chi connectivity index (χ1v) is 6.63. The van der Waals surface area contributed by atoms with Crippen LogP contribution in [-0.2, 0) is 0 Å². The summed E-state index contributed by atoms with van der Waals surface area (Å²) in [5, 5.41) is 7.34. The van der Waals surface area contributed by atoms with Crippen molar-refractivity contribution < 1.29 is 4.52 Å². The third-order valence-electron chi connectivity index (χ3n) is 3.48. The zero-order chi connectivity index (χ0) is 13.7. The summed E-state index contributed by atoms with van der Waals surface area (Å²) in [5.41, 5.74) is 3.18. The van der Waals surface area contributed by atoms with Gasteiger partial charge in [-0.1, -0.05) is 5.16 Å². The zero-order valence-electron chi connectivity index (χ0n) is 11.3. The highest BCUT2D eigenvalue weighted by Gasteiger charge is 2.23. The number of nitrogens with one attached hydrogen (secondary N) is 2. The van der Waals surface area contributed by atoms with Crippen molar-refractivity contribution in [3.05, 3.63) is 17.8 Å². The number of aromatic nitrogens is 5. The van der Waals surface area contributed by atoms with E-state index in [1.165, 1.54) is 19.2 Å². The smallest absolute Gasteiger partial charge is 0.183 e. The maximum atomic E-state index is 5.19. The van der Waals surface area contributed by atoms with Crippen LogP contribution in [0.1, 0.15) is 24.3 Å². The molecule has 1 fully saturated rings. The Morgan fingerprint density at radius 3 is 2.85 bits per heavy atom. The zero-order valence-corrected chi connectivity index (χ0v) is 11.3. The highest BCUT2D eigenvalue weighted by atomic mass is 16.5. The van der Waals surface area contributed by atoms with Crippen LogP contribution in [-0.4, -0.2) is 31.1 Å². The molecule has 0 aliphatic heterocycles. The molecule has 102 valence electrons. The van der Waals surface area contributed by atoms with E-state index < -0.39 is 0 Å². The predicted molar refractivity (Wildman–Crippen MR) is 73.3 cm³/mol. The van der Waals surface area contributed by atoms with Crippen LogP contribution in [0.15, 0.2) is 10.9 Å². The fraction of sp³-hybridized carbons (Fsp3) is 0.385. The van der Waals surface area contributed by atoms with E-state index in [1.807, 2.05) is 13.8 Å². The molecule has 0 saturated heterocycles. The molecule has 0 unspecified atom stereocenters. The average molecular weight is 270 g/mol. The Morgan fingerprint density at radius 1 is 1.30 bits per heavy atom. The summed E-state index contributed by atoms with van der Waals surface area (Å²) >= 11 is 0. The van der Waals surface area contributed by atoms with Crippen LogP contribution >= 0.6 is 0 Å². The normalized spacial score (nSPS) is 14.9. The second-order valence-electron chi connectivity index (χ2n) is 5.12. The van der Waals surface area contributed by atoms with Crippen molar-refractivity contribution in [1.29, 1.82) is 0 Å². The molecule has 1 saturated carbocycles. The number of H-pyrrole nitrogens is 1. The first kappa shape index (κ1) is 11.4. The molecule has 1 aliphatic carbocycles. The van der Waals surface area contributed by atoms with Gasteiger partial charge in [-0.15, -0.1) is 0 Å². The van der Waals surface area contributed by atoms with Gasteiger partial charge in [0.25, 0.3) is 0 Å². The molecule has 3 heterocycles. The number of aromatic amines is 1. The molecule has 0 atom stereocenters. The molecule has 0 bridgehead atoms. The standard InChI is InChI=1S/C13H14N6O/c1-6-9(7(2)20-19-6)11-17-10-12(16-8-3-4-8)14-5-15-13(10)18-11/h5,8H,3-4H2,1-2H3,(H2,14,15,16,17,18). The van der Waals surface area contributed by atoms with Crippen LogP contribution < -0.4 is 5.32 Å². The molecule has 3 aromatic rings. The second kappa shape index (κ2) is 4.03. The second-order valence-corrected chi connectivity index (χ2v) is 5.12. The van der Waals surface area contributed by atoms with Crippen molar-refractivity contribution in [3.8, 4) is 11.4 Å². The van der Waals surface area contributed by atoms with Gasteiger partial charge in [0.2, 0.25) is 0 Å². The molecule has 0 radical (unpaired) electrons. The Morgan fingerprint density at radius 2 is 2.15 bits per heavy atom. The molecule has 7 heteroatoms. The van der Waals surface area contributed by atoms with Gasteiger partial charge in [0.05, 0.1) is 11.3 Å². The monoisotopic (exact) mass is 270 g/mol. The maximum absolute atomic E-state index is 5.19. The van der Waals surface area contributed by atoms with Gasteiger partial charge in [0.15, 0.2) is 11.5 Å². The number of imidazole rings is 1. The Kier molecular flexibility index (Phi) is 2.29. The van der Waals surface area contributed by atoms with Gasteiger partial charge in [-0.05, 0) is 26.7 Å². The number of aryl methyl sites for hydroxylation is 2. The predicted octanol–water partition coefficient (Wildman–Crippen LogP) is 2.20. The quantitative estimate of drug-likeness (QED) is 0.758. The van der Waals surface area contributed by atoms with Gasteiger partial charge in [-0.2, -0.15) is 0 Å². The molecule has 0 aromatic carbocycles. The first-order valence-electron chi connectivity index (χ1n) is 6.63. The van der Waals surface area contributed by atoms with Gasteiger partial charge in [-0.25, -0.2) is 15.0 Å². The lowest BCUT2D eigenvalue weighted by molar-refractivity contribution is 0.393. The van der Waals surface area contributed by atoms with Crippen molar-refractivity contribution in [1.82, 2.24) is 25.1 Å². The van der Waals surface area contributed by atoms with E-state index in [4.69, 9.17) is 4.52 Å². The van der Waals surface area contributed by atoms with Crippen molar-refractivity contribution in [2.45, 2.75) is 32.7 Å². The summed E-state index contributed by atoms with van der Waals surface area (Å²) < 4.78 is 5.19. The van der Waals surface area contributed by atoms with Gasteiger partial charge in [0.1, 0.15) is 23.4 Å². The van der Waals surface area contributed by atoms with E-state index in [0.717, 1.165) is 34.2 Å². The van der Waals surface area contributed by atoms with E-state index in [-0.39, 0.29) is 0 Å². The molecule has 4 rings (SSSR count). The largest absolute Gasteiger partial charge is 0.365 e. The van der Waals surface area contributed by atoms with Crippen LogP contribution in [0.3, 0.4) is 0 Å². The number of anilines is 1. The van der Waals surface area contributed by atoms with Crippen LogP contribution in [0.25, 0.3) is 22.6 Å². The van der Waals surface area contributed by atoms with Gasteiger partial charge in [0, 0.05) is 6.04 Å². The molecule has 0 spiro atoms. The van der Waals surface area contributed by atoms with E-state index in [0.29, 0.717) is 11.7 Å². The topological polar surface area (TPSA) is 92.5 Å². The number of hydrogen-bond donors (Lipinski definition) is 2. The lowest BCUT2D eigenvalue weighted by Crippen LogP contribution is -2.03. The SMILES string of the molecule is Cc1noc(C)c1-c1nc2ncnc(NC3CC3)c2[nH]1. The van der Waals surface area contributed by atoms with Crippen LogP contribution in [0, 0.1) is 13.8 Å². The summed E-state index contributed by atoms with van der Waals surface area (Å²) in [6, 6.07) is 0.527. The Bertz CT molecular complexity index is 766. The average Bonchev–Trinajstić information content (AvgIpc) is 3.03. The van der Waals surface area contributed by atoms with Crippen molar-refractivity contribution in [3.63, 3.8) is 0 Å². The minimum Gasteiger partial charge on any atom is -0.365 e. The van der Waals surface area contributed by atoms with E-state index in [9.17, 15) is 0 Å². The fourth-order valence-corrected chi connectivity index (χ4v) is 2.30. The Hall–Kier alpha value is -2.44. The van der Waals surface area contributed by atoms with E-state index in [1.54, 1.807) is 0 Å². The Balaban J connectivity index is 1.86. The molecule has 1 aliphatic rings. The van der Waals surface area contributed by atoms with E-state index in [2.05, 4.69) is 30.4 Å². The highest BCUT2D eigenvalue weighted by Crippen LogP contribution is 2.30. The molecule has 7 nitrogen and oxygen atoms in total. The molecule has 0 amide bonds. The molecular weight excluding hydrogens is 256 g/mol. The minimum absolute atomic E-state index is 0.527. The maximum Gasteiger partial charge on any atom is 0.183 e. The first-order chi connectivity index (χ1) is 9.72. The summed E-state index contributed by atoms with van der Waals surface area (Å²) in [6.45, 7) is 3.77. The summed E-state index contributed by atoms with van der Waals surface area (Å²) in [5.74, 6) is 2.27. The Labute approximate surface area is 114 Å². The van der Waals surface area contributed by atoms with Crippen LogP contribution in [0.5, 0.6) is 0 Å². The van der Waals surface area contributed by atoms with Crippen LogP contribution in [0.2, 0.25) is 0 Å². The van der Waals surface area contributed by atoms with Crippen molar-refractivity contribution >= 4 is 17.0 Å². The third kappa shape index (κ3) is 1.74.